The van der Waals surface area contributed by atoms with Gasteiger partial charge in [-0.25, -0.2) is 8.42 Å². The molecule has 1 fully saturated rings. The van der Waals surface area contributed by atoms with Crippen LogP contribution in [0.4, 0.5) is 0 Å². The maximum absolute atomic E-state index is 11.1. The molecule has 0 aromatic heterocycles. The molecule has 0 aliphatic heterocycles. The smallest absolute Gasteiger partial charge is 0.237 e. The highest BCUT2D eigenvalue weighted by Gasteiger charge is 2.36. The van der Waals surface area contributed by atoms with E-state index in [-0.39, 0.29) is 18.2 Å². The predicted octanol–water partition coefficient (Wildman–Crippen LogP) is -1.06. The van der Waals surface area contributed by atoms with Gasteiger partial charge in [0.15, 0.2) is 0 Å². The number of carbonyl (C=O) groups excluding carboxylic acids is 1. The molecule has 1 aliphatic carbocycles. The minimum atomic E-state index is -3.36. The average Bonchev–Trinajstić information content (AvgIpc) is 2.65. The van der Waals surface area contributed by atoms with Gasteiger partial charge in [0.05, 0.1) is 5.25 Å². The van der Waals surface area contributed by atoms with E-state index in [2.05, 4.69) is 0 Å². The molecule has 0 spiro atoms. The topological polar surface area (TPSA) is 89.3 Å². The summed E-state index contributed by atoms with van der Waals surface area (Å²) in [5, 5.41) is -0.348. The molecule has 0 atom stereocenters. The van der Waals surface area contributed by atoms with Gasteiger partial charge in [0.2, 0.25) is 15.9 Å². The van der Waals surface area contributed by atoms with Gasteiger partial charge >= 0.3 is 0 Å². The van der Waals surface area contributed by atoms with Crippen molar-refractivity contribution in [3.05, 3.63) is 0 Å². The second kappa shape index (κ2) is 3.40. The number of hydrogen-bond acceptors (Lipinski definition) is 4. The van der Waals surface area contributed by atoms with Crippen molar-refractivity contribution >= 4 is 15.9 Å². The normalized spacial score (nSPS) is 17.4. The zero-order valence-electron chi connectivity index (χ0n) is 6.62. The molecule has 0 unspecified atom stereocenters. The molecule has 1 saturated carbocycles. The third kappa shape index (κ3) is 2.46. The molecule has 3 N–H and O–H groups in total. The van der Waals surface area contributed by atoms with E-state index < -0.39 is 15.9 Å². The van der Waals surface area contributed by atoms with Crippen LogP contribution in [0.1, 0.15) is 19.3 Å². The second-order valence-electron chi connectivity index (χ2n) is 2.81. The van der Waals surface area contributed by atoms with Gasteiger partial charge in [-0.05, 0) is 12.8 Å². The third-order valence-electron chi connectivity index (χ3n) is 1.59. The summed E-state index contributed by atoms with van der Waals surface area (Å²) in [6, 6.07) is 0. The molecule has 12 heavy (non-hydrogen) atoms. The van der Waals surface area contributed by atoms with Gasteiger partial charge in [-0.2, -0.15) is 0 Å². The van der Waals surface area contributed by atoms with Crippen LogP contribution in [0.5, 0.6) is 0 Å². The summed E-state index contributed by atoms with van der Waals surface area (Å²) in [4.78, 5) is 10.8. The first kappa shape index (κ1) is 9.47. The molecule has 1 amide bonds. The molecule has 5 nitrogen and oxygen atoms in total. The molecule has 1 aliphatic rings. The van der Waals surface area contributed by atoms with Gasteiger partial charge in [-0.1, -0.05) is 0 Å². The van der Waals surface area contributed by atoms with Crippen molar-refractivity contribution in [3.63, 3.8) is 0 Å². The lowest BCUT2D eigenvalue weighted by molar-refractivity contribution is -0.119. The zero-order chi connectivity index (χ0) is 9.19. The highest BCUT2D eigenvalue weighted by molar-refractivity contribution is 7.90. The summed E-state index contributed by atoms with van der Waals surface area (Å²) < 4.78 is 24.2. The van der Waals surface area contributed by atoms with Crippen molar-refractivity contribution in [1.29, 1.82) is 0 Å². The van der Waals surface area contributed by atoms with Crippen LogP contribution in [0.25, 0.3) is 0 Å². The second-order valence-corrected chi connectivity index (χ2v) is 4.77. The van der Waals surface area contributed by atoms with Crippen LogP contribution in [0.2, 0.25) is 0 Å². The standard InChI is InChI=1S/C6H12N2O3S/c7-4-3-6(9)8-12(10,11)5-1-2-5/h5H,1-4,7H2,(H,8,9). The van der Waals surface area contributed by atoms with Gasteiger partial charge in [-0.15, -0.1) is 0 Å². The molecule has 0 saturated heterocycles. The Morgan fingerprint density at radius 2 is 2.08 bits per heavy atom. The van der Waals surface area contributed by atoms with Gasteiger partial charge in [0.1, 0.15) is 0 Å². The van der Waals surface area contributed by atoms with Crippen LogP contribution in [-0.2, 0) is 14.8 Å². The molecule has 70 valence electrons. The van der Waals surface area contributed by atoms with E-state index in [9.17, 15) is 13.2 Å². The monoisotopic (exact) mass is 192 g/mol. The molecule has 0 radical (unpaired) electrons. The van der Waals surface area contributed by atoms with Crippen molar-refractivity contribution in [2.75, 3.05) is 6.54 Å². The number of nitrogens with one attached hydrogen (secondary N) is 1. The third-order valence-corrected chi connectivity index (χ3v) is 3.45. The van der Waals surface area contributed by atoms with Crippen LogP contribution >= 0.6 is 0 Å². The summed E-state index contributed by atoms with van der Waals surface area (Å²) in [5.74, 6) is -0.510. The van der Waals surface area contributed by atoms with Gasteiger partial charge in [0, 0.05) is 13.0 Å². The summed E-state index contributed by atoms with van der Waals surface area (Å²) in [7, 11) is -3.36. The molecule has 0 bridgehead atoms. The van der Waals surface area contributed by atoms with E-state index in [0.717, 1.165) is 0 Å². The summed E-state index contributed by atoms with van der Waals surface area (Å²) in [6.45, 7) is 0.173. The van der Waals surface area contributed by atoms with E-state index in [1.165, 1.54) is 0 Å². The fourth-order valence-electron chi connectivity index (χ4n) is 0.802. The maximum Gasteiger partial charge on any atom is 0.237 e. The number of nitrogens with two attached hydrogens (primary N) is 1. The predicted molar refractivity (Wildman–Crippen MR) is 43.8 cm³/mol. The minimum Gasteiger partial charge on any atom is -0.330 e. The van der Waals surface area contributed by atoms with Gasteiger partial charge < -0.3 is 5.73 Å². The van der Waals surface area contributed by atoms with Crippen LogP contribution in [0.15, 0.2) is 0 Å². The molecular formula is C6H12N2O3S. The SMILES string of the molecule is NCCC(=O)NS(=O)(=O)C1CC1. The molecule has 0 heterocycles. The Morgan fingerprint density at radius 1 is 1.50 bits per heavy atom. The van der Waals surface area contributed by atoms with E-state index in [0.29, 0.717) is 12.8 Å². The Kier molecular flexibility index (Phi) is 2.69. The van der Waals surface area contributed by atoms with Crippen molar-refractivity contribution in [1.82, 2.24) is 4.72 Å². The molecule has 0 aromatic rings. The van der Waals surface area contributed by atoms with E-state index in [4.69, 9.17) is 5.73 Å². The Balaban J connectivity index is 2.44. The van der Waals surface area contributed by atoms with Crippen molar-refractivity contribution < 1.29 is 13.2 Å². The Morgan fingerprint density at radius 3 is 2.50 bits per heavy atom. The number of carbonyl (C=O) groups is 1. The summed E-state index contributed by atoms with van der Waals surface area (Å²) in [6.07, 6.45) is 1.38. The van der Waals surface area contributed by atoms with E-state index in [1.54, 1.807) is 0 Å². The lowest BCUT2D eigenvalue weighted by Gasteiger charge is -2.03. The van der Waals surface area contributed by atoms with E-state index in [1.807, 2.05) is 4.72 Å². The Hall–Kier alpha value is -0.620. The fourth-order valence-corrected chi connectivity index (χ4v) is 2.15. The lowest BCUT2D eigenvalue weighted by Crippen LogP contribution is -2.34. The summed E-state index contributed by atoms with van der Waals surface area (Å²) in [5.41, 5.74) is 5.08. The Labute approximate surface area is 71.4 Å². The zero-order valence-corrected chi connectivity index (χ0v) is 7.43. The summed E-state index contributed by atoms with van der Waals surface area (Å²) >= 11 is 0. The number of amides is 1. The first-order valence-corrected chi connectivity index (χ1v) is 5.35. The Bertz CT molecular complexity index is 269. The highest BCUT2D eigenvalue weighted by atomic mass is 32.2. The number of sulfonamides is 1. The van der Waals surface area contributed by atoms with Crippen molar-refractivity contribution in [2.45, 2.75) is 24.5 Å². The first-order valence-electron chi connectivity index (χ1n) is 3.81. The quantitative estimate of drug-likeness (QED) is 0.594. The number of rotatable bonds is 4. The average molecular weight is 192 g/mol. The largest absolute Gasteiger partial charge is 0.330 e. The van der Waals surface area contributed by atoms with Crippen LogP contribution in [-0.4, -0.2) is 26.1 Å². The molecule has 6 heteroatoms. The van der Waals surface area contributed by atoms with Gasteiger partial charge in [-0.3, -0.25) is 9.52 Å². The molecule has 0 aromatic carbocycles. The molecule has 1 rings (SSSR count). The van der Waals surface area contributed by atoms with Crippen LogP contribution in [0, 0.1) is 0 Å². The first-order chi connectivity index (χ1) is 5.56. The van der Waals surface area contributed by atoms with E-state index >= 15 is 0 Å². The lowest BCUT2D eigenvalue weighted by atomic mass is 10.4. The number of hydrogen-bond donors (Lipinski definition) is 2. The highest BCUT2D eigenvalue weighted by Crippen LogP contribution is 2.27. The van der Waals surface area contributed by atoms with Crippen LogP contribution < -0.4 is 10.5 Å². The van der Waals surface area contributed by atoms with Gasteiger partial charge in [0.25, 0.3) is 0 Å². The van der Waals surface area contributed by atoms with Crippen LogP contribution in [0.3, 0.4) is 0 Å². The minimum absolute atomic E-state index is 0.0615. The fraction of sp³-hybridized carbons (Fsp3) is 0.833. The maximum atomic E-state index is 11.1. The van der Waals surface area contributed by atoms with Crippen molar-refractivity contribution in [2.24, 2.45) is 5.73 Å². The molecular weight excluding hydrogens is 180 g/mol. The van der Waals surface area contributed by atoms with Crippen molar-refractivity contribution in [3.8, 4) is 0 Å².